The lowest BCUT2D eigenvalue weighted by Gasteiger charge is -2.27. The van der Waals surface area contributed by atoms with Crippen molar-refractivity contribution in [3.63, 3.8) is 0 Å². The Balaban J connectivity index is 1.49. The molecule has 2 aliphatic rings. The SMILES string of the molecule is CC(C)CCc1nc2c(o1)CCN(C(=O)c1cc(C3CCNCC3)ccc1F)C2. The first-order valence-electron chi connectivity index (χ1n) is 10.8. The fourth-order valence-electron chi connectivity index (χ4n) is 4.23. The van der Waals surface area contributed by atoms with Gasteiger partial charge in [-0.05, 0) is 61.9 Å². The van der Waals surface area contributed by atoms with Crippen LogP contribution in [-0.4, -0.2) is 35.4 Å². The fourth-order valence-corrected chi connectivity index (χ4v) is 4.23. The van der Waals surface area contributed by atoms with Crippen molar-refractivity contribution < 1.29 is 13.6 Å². The topological polar surface area (TPSA) is 58.4 Å². The van der Waals surface area contributed by atoms with Crippen LogP contribution < -0.4 is 5.32 Å². The third-order valence-corrected chi connectivity index (χ3v) is 6.03. The van der Waals surface area contributed by atoms with Crippen molar-refractivity contribution in [2.24, 2.45) is 5.92 Å². The van der Waals surface area contributed by atoms with E-state index in [9.17, 15) is 9.18 Å². The fraction of sp³-hybridized carbons (Fsp3) is 0.565. The summed E-state index contributed by atoms with van der Waals surface area (Å²) in [5, 5.41) is 3.35. The van der Waals surface area contributed by atoms with Crippen LogP contribution in [0.1, 0.15) is 72.3 Å². The van der Waals surface area contributed by atoms with Gasteiger partial charge < -0.3 is 14.6 Å². The lowest BCUT2D eigenvalue weighted by molar-refractivity contribution is 0.0723. The van der Waals surface area contributed by atoms with Crippen molar-refractivity contribution in [3.8, 4) is 0 Å². The Labute approximate surface area is 171 Å². The zero-order chi connectivity index (χ0) is 20.4. The van der Waals surface area contributed by atoms with Gasteiger partial charge in [-0.15, -0.1) is 0 Å². The molecule has 0 unspecified atom stereocenters. The molecule has 0 bridgehead atoms. The molecule has 3 heterocycles. The maximum Gasteiger partial charge on any atom is 0.257 e. The number of hydrogen-bond acceptors (Lipinski definition) is 4. The van der Waals surface area contributed by atoms with Crippen LogP contribution in [0.25, 0.3) is 0 Å². The van der Waals surface area contributed by atoms with Crippen LogP contribution >= 0.6 is 0 Å². The van der Waals surface area contributed by atoms with E-state index in [1.165, 1.54) is 6.07 Å². The number of amides is 1. The quantitative estimate of drug-likeness (QED) is 0.824. The first kappa shape index (κ1) is 20.1. The predicted molar refractivity (Wildman–Crippen MR) is 109 cm³/mol. The number of nitrogens with one attached hydrogen (secondary N) is 1. The molecule has 1 aromatic carbocycles. The number of carbonyl (C=O) groups excluding carboxylic acids is 1. The number of oxazole rings is 1. The van der Waals surface area contributed by atoms with Gasteiger partial charge in [0.2, 0.25) is 0 Å². The Kier molecular flexibility index (Phi) is 5.99. The molecule has 1 fully saturated rings. The summed E-state index contributed by atoms with van der Waals surface area (Å²) in [6, 6.07) is 5.04. The number of aryl methyl sites for hydroxylation is 1. The Morgan fingerprint density at radius 2 is 2.14 bits per heavy atom. The van der Waals surface area contributed by atoms with Gasteiger partial charge in [0, 0.05) is 19.4 Å². The number of hydrogen-bond donors (Lipinski definition) is 1. The van der Waals surface area contributed by atoms with E-state index in [1.54, 1.807) is 11.0 Å². The highest BCUT2D eigenvalue weighted by molar-refractivity contribution is 5.94. The molecule has 1 aromatic heterocycles. The van der Waals surface area contributed by atoms with Crippen LogP contribution in [0.4, 0.5) is 4.39 Å². The van der Waals surface area contributed by atoms with E-state index in [-0.39, 0.29) is 11.5 Å². The third-order valence-electron chi connectivity index (χ3n) is 6.03. The molecule has 156 valence electrons. The summed E-state index contributed by atoms with van der Waals surface area (Å²) in [6.07, 6.45) is 4.50. The van der Waals surface area contributed by atoms with Gasteiger partial charge in [-0.25, -0.2) is 9.37 Å². The average molecular weight is 400 g/mol. The number of rotatable bonds is 5. The van der Waals surface area contributed by atoms with Crippen molar-refractivity contribution in [3.05, 3.63) is 52.5 Å². The first-order chi connectivity index (χ1) is 14.0. The molecule has 2 aromatic rings. The van der Waals surface area contributed by atoms with E-state index in [4.69, 9.17) is 4.42 Å². The second-order valence-electron chi connectivity index (χ2n) is 8.65. The molecular weight excluding hydrogens is 369 g/mol. The van der Waals surface area contributed by atoms with Gasteiger partial charge in [-0.2, -0.15) is 0 Å². The van der Waals surface area contributed by atoms with Crippen LogP contribution in [0, 0.1) is 11.7 Å². The van der Waals surface area contributed by atoms with E-state index < -0.39 is 5.82 Å². The number of benzene rings is 1. The number of aromatic nitrogens is 1. The van der Waals surface area contributed by atoms with E-state index in [2.05, 4.69) is 24.1 Å². The van der Waals surface area contributed by atoms with Crippen molar-refractivity contribution in [2.75, 3.05) is 19.6 Å². The molecular formula is C23H30FN3O2. The summed E-state index contributed by atoms with van der Waals surface area (Å²) >= 11 is 0. The molecule has 1 saturated heterocycles. The van der Waals surface area contributed by atoms with Gasteiger partial charge in [0.15, 0.2) is 5.89 Å². The van der Waals surface area contributed by atoms with Crippen LogP contribution in [0.2, 0.25) is 0 Å². The van der Waals surface area contributed by atoms with Gasteiger partial charge >= 0.3 is 0 Å². The van der Waals surface area contributed by atoms with Gasteiger partial charge in [-0.1, -0.05) is 19.9 Å². The minimum atomic E-state index is -0.448. The molecule has 0 radical (unpaired) electrons. The van der Waals surface area contributed by atoms with Gasteiger partial charge in [0.05, 0.1) is 12.1 Å². The Morgan fingerprint density at radius 3 is 2.90 bits per heavy atom. The minimum Gasteiger partial charge on any atom is -0.445 e. The Bertz CT molecular complexity index is 871. The summed E-state index contributed by atoms with van der Waals surface area (Å²) in [5.41, 5.74) is 2.05. The monoisotopic (exact) mass is 399 g/mol. The molecule has 1 amide bonds. The highest BCUT2D eigenvalue weighted by Gasteiger charge is 2.28. The smallest absolute Gasteiger partial charge is 0.257 e. The Hall–Kier alpha value is -2.21. The molecule has 5 nitrogen and oxygen atoms in total. The summed E-state index contributed by atoms with van der Waals surface area (Å²) in [7, 11) is 0. The van der Waals surface area contributed by atoms with E-state index in [0.29, 0.717) is 31.3 Å². The number of carbonyl (C=O) groups is 1. The van der Waals surface area contributed by atoms with Gasteiger partial charge in [-0.3, -0.25) is 4.79 Å². The minimum absolute atomic E-state index is 0.174. The molecule has 2 aliphatic heterocycles. The number of piperidine rings is 1. The summed E-state index contributed by atoms with van der Waals surface area (Å²) in [4.78, 5) is 19.4. The largest absolute Gasteiger partial charge is 0.445 e. The average Bonchev–Trinajstić information content (AvgIpc) is 3.15. The maximum absolute atomic E-state index is 14.5. The molecule has 4 rings (SSSR count). The van der Waals surface area contributed by atoms with E-state index in [1.807, 2.05) is 6.07 Å². The number of fused-ring (bicyclic) bond motifs is 1. The standard InChI is InChI=1S/C23H30FN3O2/c1-15(2)3-6-22-26-20-14-27(12-9-21(20)29-22)23(28)18-13-17(4-5-19(18)24)16-7-10-25-11-8-16/h4-5,13,15-16,25H,3,6-12,14H2,1-2H3. The molecule has 0 spiro atoms. The lowest BCUT2D eigenvalue weighted by atomic mass is 9.89. The van der Waals surface area contributed by atoms with E-state index in [0.717, 1.165) is 61.7 Å². The molecule has 29 heavy (non-hydrogen) atoms. The van der Waals surface area contributed by atoms with Crippen LogP contribution in [0.5, 0.6) is 0 Å². The normalized spacial score (nSPS) is 17.6. The van der Waals surface area contributed by atoms with Crippen LogP contribution in [0.15, 0.2) is 22.6 Å². The van der Waals surface area contributed by atoms with E-state index >= 15 is 0 Å². The van der Waals surface area contributed by atoms with Crippen molar-refractivity contribution in [1.82, 2.24) is 15.2 Å². The number of halogens is 1. The van der Waals surface area contributed by atoms with Gasteiger partial charge in [0.25, 0.3) is 5.91 Å². The zero-order valence-electron chi connectivity index (χ0n) is 17.3. The van der Waals surface area contributed by atoms with Crippen LogP contribution in [-0.2, 0) is 19.4 Å². The highest BCUT2D eigenvalue weighted by atomic mass is 19.1. The molecule has 6 heteroatoms. The molecule has 0 atom stereocenters. The number of nitrogens with zero attached hydrogens (tertiary/aromatic N) is 2. The Morgan fingerprint density at radius 1 is 1.34 bits per heavy atom. The lowest BCUT2D eigenvalue weighted by Crippen LogP contribution is -2.36. The molecule has 0 aliphatic carbocycles. The van der Waals surface area contributed by atoms with Gasteiger partial charge in [0.1, 0.15) is 17.3 Å². The predicted octanol–water partition coefficient (Wildman–Crippen LogP) is 4.07. The summed E-state index contributed by atoms with van der Waals surface area (Å²) < 4.78 is 20.4. The third kappa shape index (κ3) is 4.53. The molecule has 1 N–H and O–H groups in total. The second-order valence-corrected chi connectivity index (χ2v) is 8.65. The first-order valence-corrected chi connectivity index (χ1v) is 10.8. The highest BCUT2D eigenvalue weighted by Crippen LogP contribution is 2.28. The van der Waals surface area contributed by atoms with Crippen molar-refractivity contribution in [2.45, 2.75) is 58.4 Å². The zero-order valence-corrected chi connectivity index (χ0v) is 17.3. The summed E-state index contributed by atoms with van der Waals surface area (Å²) in [6.45, 7) is 7.20. The molecule has 0 saturated carbocycles. The maximum atomic E-state index is 14.5. The van der Waals surface area contributed by atoms with Crippen molar-refractivity contribution in [1.29, 1.82) is 0 Å². The summed E-state index contributed by atoms with van der Waals surface area (Å²) in [5.74, 6) is 1.89. The van der Waals surface area contributed by atoms with Crippen molar-refractivity contribution >= 4 is 5.91 Å². The second kappa shape index (κ2) is 8.66. The van der Waals surface area contributed by atoms with Crippen LogP contribution in [0.3, 0.4) is 0 Å².